The summed E-state index contributed by atoms with van der Waals surface area (Å²) in [4.78, 5) is 8.59. The minimum Gasteiger partial charge on any atom is -0.370 e. The van der Waals surface area contributed by atoms with Crippen LogP contribution in [0.25, 0.3) is 0 Å². The first kappa shape index (κ1) is 14.8. The van der Waals surface area contributed by atoms with Crippen LogP contribution in [-0.4, -0.2) is 16.5 Å². The molecule has 0 aliphatic rings. The van der Waals surface area contributed by atoms with Gasteiger partial charge in [0, 0.05) is 23.1 Å². The number of hydrogen-bond acceptors (Lipinski definition) is 4. The van der Waals surface area contributed by atoms with Gasteiger partial charge in [0.15, 0.2) is 0 Å². The smallest absolute Gasteiger partial charge is 0.134 e. The summed E-state index contributed by atoms with van der Waals surface area (Å²) in [6.45, 7) is 5.81. The molecule has 106 valence electrons. The van der Waals surface area contributed by atoms with Gasteiger partial charge in [0.05, 0.1) is 0 Å². The van der Waals surface area contributed by atoms with E-state index in [-0.39, 0.29) is 0 Å². The van der Waals surface area contributed by atoms with Crippen LogP contribution < -0.4 is 10.6 Å². The molecule has 0 radical (unpaired) electrons. The summed E-state index contributed by atoms with van der Waals surface area (Å²) in [6, 6.07) is 8.17. The van der Waals surface area contributed by atoms with Crippen molar-refractivity contribution in [3.63, 3.8) is 0 Å². The third-order valence-corrected chi connectivity index (χ3v) is 3.80. The van der Waals surface area contributed by atoms with E-state index in [4.69, 9.17) is 0 Å². The van der Waals surface area contributed by atoms with Gasteiger partial charge < -0.3 is 10.6 Å². The molecule has 2 N–H and O–H groups in total. The van der Waals surface area contributed by atoms with Crippen molar-refractivity contribution in [2.75, 3.05) is 17.2 Å². The lowest BCUT2D eigenvalue weighted by Crippen LogP contribution is -2.09. The zero-order valence-corrected chi connectivity index (χ0v) is 13.4. The molecule has 0 bridgehead atoms. The van der Waals surface area contributed by atoms with Crippen LogP contribution in [0.1, 0.15) is 24.5 Å². The van der Waals surface area contributed by atoms with Crippen molar-refractivity contribution in [2.45, 2.75) is 26.8 Å². The molecule has 1 heterocycles. The van der Waals surface area contributed by atoms with Gasteiger partial charge in [0.25, 0.3) is 0 Å². The summed E-state index contributed by atoms with van der Waals surface area (Å²) in [6.07, 6.45) is 2.66. The van der Waals surface area contributed by atoms with E-state index in [0.29, 0.717) is 0 Å². The molecule has 4 nitrogen and oxygen atoms in total. The maximum atomic E-state index is 4.31. The van der Waals surface area contributed by atoms with Crippen LogP contribution in [0, 0.1) is 6.92 Å². The van der Waals surface area contributed by atoms with Gasteiger partial charge in [-0.3, -0.25) is 0 Å². The number of anilines is 2. The molecular formula is C15H19BrN4. The maximum absolute atomic E-state index is 4.31. The number of nitrogens with zero attached hydrogens (tertiary/aromatic N) is 2. The third-order valence-electron chi connectivity index (χ3n) is 3.03. The molecule has 0 fully saturated rings. The second kappa shape index (κ2) is 7.24. The topological polar surface area (TPSA) is 49.8 Å². The van der Waals surface area contributed by atoms with E-state index < -0.39 is 0 Å². The predicted octanol–water partition coefficient (Wildman–Crippen LogP) is 3.98. The number of nitrogens with one attached hydrogen (secondary N) is 2. The summed E-state index contributed by atoms with van der Waals surface area (Å²) in [5, 5.41) is 6.68. The Labute approximate surface area is 128 Å². The van der Waals surface area contributed by atoms with E-state index in [9.17, 15) is 0 Å². The quantitative estimate of drug-likeness (QED) is 0.838. The average Bonchev–Trinajstić information content (AvgIpc) is 2.46. The largest absolute Gasteiger partial charge is 0.370 e. The van der Waals surface area contributed by atoms with Crippen LogP contribution in [0.5, 0.6) is 0 Å². The summed E-state index contributed by atoms with van der Waals surface area (Å²) < 4.78 is 1.10. The van der Waals surface area contributed by atoms with Crippen LogP contribution >= 0.6 is 15.9 Å². The lowest BCUT2D eigenvalue weighted by atomic mass is 10.2. The second-order valence-corrected chi connectivity index (χ2v) is 5.42. The Kier molecular flexibility index (Phi) is 5.35. The Bertz CT molecular complexity index is 572. The highest BCUT2D eigenvalue weighted by atomic mass is 79.9. The van der Waals surface area contributed by atoms with Crippen LogP contribution in [-0.2, 0) is 6.54 Å². The molecule has 0 aliphatic carbocycles. The molecule has 5 heteroatoms. The molecule has 0 spiro atoms. The zero-order chi connectivity index (χ0) is 14.4. The molecule has 20 heavy (non-hydrogen) atoms. The Hall–Kier alpha value is -1.62. The predicted molar refractivity (Wildman–Crippen MR) is 87.0 cm³/mol. The molecular weight excluding hydrogens is 316 g/mol. The molecule has 2 rings (SSSR count). The van der Waals surface area contributed by atoms with Crippen molar-refractivity contribution >= 4 is 27.6 Å². The summed E-state index contributed by atoms with van der Waals surface area (Å²) in [7, 11) is 0. The van der Waals surface area contributed by atoms with Crippen molar-refractivity contribution < 1.29 is 0 Å². The molecule has 0 aliphatic heterocycles. The van der Waals surface area contributed by atoms with Gasteiger partial charge in [-0.2, -0.15) is 0 Å². The zero-order valence-electron chi connectivity index (χ0n) is 11.8. The van der Waals surface area contributed by atoms with E-state index in [1.165, 1.54) is 5.56 Å². The Morgan fingerprint density at radius 1 is 1.10 bits per heavy atom. The fourth-order valence-electron chi connectivity index (χ4n) is 1.87. The summed E-state index contributed by atoms with van der Waals surface area (Å²) in [5.41, 5.74) is 2.25. The molecule has 2 aromatic rings. The van der Waals surface area contributed by atoms with Gasteiger partial charge in [0.1, 0.15) is 18.0 Å². The van der Waals surface area contributed by atoms with Crippen LogP contribution in [0.2, 0.25) is 0 Å². The fraction of sp³-hybridized carbons (Fsp3) is 0.333. The minimum absolute atomic E-state index is 0.729. The first-order chi connectivity index (χ1) is 9.72. The van der Waals surface area contributed by atoms with E-state index in [2.05, 4.69) is 49.5 Å². The monoisotopic (exact) mass is 334 g/mol. The molecule has 0 saturated carbocycles. The van der Waals surface area contributed by atoms with Gasteiger partial charge in [0.2, 0.25) is 0 Å². The molecule has 0 saturated heterocycles. The standard InChI is InChI=1S/C15H19BrN4/c1-3-8-17-14-11(2)15(20-10-19-14)18-9-12-6-4-5-7-13(12)16/h4-7,10H,3,8-9H2,1-2H3,(H2,17,18,19,20). The molecule has 1 aromatic carbocycles. The lowest BCUT2D eigenvalue weighted by Gasteiger charge is -2.13. The van der Waals surface area contributed by atoms with E-state index >= 15 is 0 Å². The highest BCUT2D eigenvalue weighted by molar-refractivity contribution is 9.10. The lowest BCUT2D eigenvalue weighted by molar-refractivity contribution is 0.957. The summed E-state index contributed by atoms with van der Waals surface area (Å²) >= 11 is 3.55. The van der Waals surface area contributed by atoms with Crippen molar-refractivity contribution in [1.82, 2.24) is 9.97 Å². The minimum atomic E-state index is 0.729. The number of aromatic nitrogens is 2. The van der Waals surface area contributed by atoms with Crippen molar-refractivity contribution in [1.29, 1.82) is 0 Å². The van der Waals surface area contributed by atoms with E-state index in [1.54, 1.807) is 6.33 Å². The van der Waals surface area contributed by atoms with Gasteiger partial charge >= 0.3 is 0 Å². The average molecular weight is 335 g/mol. The Balaban J connectivity index is 2.08. The first-order valence-corrected chi connectivity index (χ1v) is 7.54. The SMILES string of the molecule is CCCNc1ncnc(NCc2ccccc2Br)c1C. The van der Waals surface area contributed by atoms with Crippen molar-refractivity contribution in [3.05, 3.63) is 46.2 Å². The normalized spacial score (nSPS) is 10.3. The fourth-order valence-corrected chi connectivity index (χ4v) is 2.30. The number of hydrogen-bond donors (Lipinski definition) is 2. The maximum Gasteiger partial charge on any atom is 0.134 e. The van der Waals surface area contributed by atoms with Crippen LogP contribution in [0.3, 0.4) is 0 Å². The van der Waals surface area contributed by atoms with Crippen LogP contribution in [0.15, 0.2) is 35.1 Å². The van der Waals surface area contributed by atoms with Gasteiger partial charge in [-0.25, -0.2) is 9.97 Å². The van der Waals surface area contributed by atoms with Crippen LogP contribution in [0.4, 0.5) is 11.6 Å². The number of benzene rings is 1. The van der Waals surface area contributed by atoms with Gasteiger partial charge in [-0.15, -0.1) is 0 Å². The first-order valence-electron chi connectivity index (χ1n) is 6.75. The van der Waals surface area contributed by atoms with E-state index in [1.807, 2.05) is 25.1 Å². The number of halogens is 1. The molecule has 0 atom stereocenters. The van der Waals surface area contributed by atoms with Gasteiger partial charge in [-0.05, 0) is 25.0 Å². The molecule has 0 amide bonds. The Morgan fingerprint density at radius 2 is 1.80 bits per heavy atom. The number of rotatable bonds is 6. The summed E-state index contributed by atoms with van der Waals surface area (Å²) in [5.74, 6) is 1.77. The third kappa shape index (κ3) is 3.70. The van der Waals surface area contributed by atoms with E-state index in [0.717, 1.165) is 41.2 Å². The highest BCUT2D eigenvalue weighted by Gasteiger charge is 2.06. The highest BCUT2D eigenvalue weighted by Crippen LogP contribution is 2.21. The van der Waals surface area contributed by atoms with Crippen molar-refractivity contribution in [3.8, 4) is 0 Å². The molecule has 1 aromatic heterocycles. The molecule has 0 unspecified atom stereocenters. The Morgan fingerprint density at radius 3 is 2.50 bits per heavy atom. The van der Waals surface area contributed by atoms with Gasteiger partial charge in [-0.1, -0.05) is 41.1 Å². The van der Waals surface area contributed by atoms with Crippen molar-refractivity contribution in [2.24, 2.45) is 0 Å². The second-order valence-electron chi connectivity index (χ2n) is 4.57.